The topological polar surface area (TPSA) is 41.1 Å². The minimum atomic E-state index is 0.0365. The molecule has 0 radical (unpaired) electrons. The first-order chi connectivity index (χ1) is 8.00. The Bertz CT molecular complexity index is 374. The molecule has 0 saturated heterocycles. The highest BCUT2D eigenvalue weighted by molar-refractivity contribution is 5.78. The van der Waals surface area contributed by atoms with E-state index in [9.17, 15) is 4.79 Å². The molecule has 1 rings (SSSR count). The van der Waals surface area contributed by atoms with Crippen molar-refractivity contribution in [1.82, 2.24) is 10.6 Å². The molecule has 1 amide bonds. The molecule has 1 atom stereocenters. The predicted octanol–water partition coefficient (Wildman–Crippen LogP) is 2.17. The minimum Gasteiger partial charge on any atom is -0.348 e. The summed E-state index contributed by atoms with van der Waals surface area (Å²) in [6.45, 7) is 8.49. The van der Waals surface area contributed by atoms with Crippen molar-refractivity contribution in [1.29, 1.82) is 0 Å². The normalized spacial score (nSPS) is 12.5. The Morgan fingerprint density at radius 2 is 1.88 bits per heavy atom. The molecule has 1 aromatic carbocycles. The SMILES string of the molecule is Cc1ccccc1[C@@H](C)NC(=O)CNC(C)C. The first-order valence-corrected chi connectivity index (χ1v) is 6.09. The third kappa shape index (κ3) is 4.57. The Hall–Kier alpha value is -1.35. The maximum absolute atomic E-state index is 11.7. The van der Waals surface area contributed by atoms with Gasteiger partial charge in [-0.2, -0.15) is 0 Å². The van der Waals surface area contributed by atoms with Crippen LogP contribution in [0.1, 0.15) is 37.9 Å². The zero-order valence-electron chi connectivity index (χ0n) is 11.1. The Morgan fingerprint density at radius 3 is 2.47 bits per heavy atom. The molecule has 0 aromatic heterocycles. The summed E-state index contributed by atoms with van der Waals surface area (Å²) < 4.78 is 0. The number of carbonyl (C=O) groups is 1. The first kappa shape index (κ1) is 13.7. The van der Waals surface area contributed by atoms with Gasteiger partial charge in [0.15, 0.2) is 0 Å². The lowest BCUT2D eigenvalue weighted by atomic mass is 10.0. The molecule has 0 unspecified atom stereocenters. The van der Waals surface area contributed by atoms with Gasteiger partial charge in [0, 0.05) is 6.04 Å². The van der Waals surface area contributed by atoms with Crippen LogP contribution >= 0.6 is 0 Å². The van der Waals surface area contributed by atoms with Crippen molar-refractivity contribution in [3.63, 3.8) is 0 Å². The van der Waals surface area contributed by atoms with Crippen LogP contribution in [-0.4, -0.2) is 18.5 Å². The van der Waals surface area contributed by atoms with E-state index in [1.807, 2.05) is 32.9 Å². The number of nitrogens with one attached hydrogen (secondary N) is 2. The van der Waals surface area contributed by atoms with Gasteiger partial charge in [0.2, 0.25) is 5.91 Å². The third-order valence-electron chi connectivity index (χ3n) is 2.70. The van der Waals surface area contributed by atoms with Gasteiger partial charge in [-0.05, 0) is 25.0 Å². The highest BCUT2D eigenvalue weighted by Gasteiger charge is 2.10. The molecule has 0 bridgehead atoms. The standard InChI is InChI=1S/C14H22N2O/c1-10(2)15-9-14(17)16-12(4)13-8-6-5-7-11(13)3/h5-8,10,12,15H,9H2,1-4H3,(H,16,17)/t12-/m1/s1. The smallest absolute Gasteiger partial charge is 0.234 e. The largest absolute Gasteiger partial charge is 0.348 e. The molecule has 3 heteroatoms. The predicted molar refractivity (Wildman–Crippen MR) is 70.9 cm³/mol. The number of amides is 1. The Labute approximate surface area is 104 Å². The van der Waals surface area contributed by atoms with Crippen molar-refractivity contribution in [3.05, 3.63) is 35.4 Å². The van der Waals surface area contributed by atoms with E-state index in [-0.39, 0.29) is 11.9 Å². The number of carbonyl (C=O) groups excluding carboxylic acids is 1. The molecule has 0 aliphatic carbocycles. The third-order valence-corrected chi connectivity index (χ3v) is 2.70. The van der Waals surface area contributed by atoms with Crippen LogP contribution in [0, 0.1) is 6.92 Å². The van der Waals surface area contributed by atoms with E-state index < -0.39 is 0 Å². The van der Waals surface area contributed by atoms with Gasteiger partial charge in [-0.25, -0.2) is 0 Å². The summed E-state index contributed by atoms with van der Waals surface area (Å²) in [6, 6.07) is 8.50. The quantitative estimate of drug-likeness (QED) is 0.820. The highest BCUT2D eigenvalue weighted by atomic mass is 16.1. The molecular formula is C14H22N2O. The minimum absolute atomic E-state index is 0.0365. The van der Waals surface area contributed by atoms with Crippen LogP contribution in [0.15, 0.2) is 24.3 Å². The number of aryl methyl sites for hydroxylation is 1. The van der Waals surface area contributed by atoms with Crippen molar-refractivity contribution in [3.8, 4) is 0 Å². The van der Waals surface area contributed by atoms with Crippen LogP contribution < -0.4 is 10.6 Å². The van der Waals surface area contributed by atoms with Gasteiger partial charge in [0.05, 0.1) is 12.6 Å². The molecule has 0 fully saturated rings. The van der Waals surface area contributed by atoms with Crippen molar-refractivity contribution < 1.29 is 4.79 Å². The summed E-state index contributed by atoms with van der Waals surface area (Å²) in [5.41, 5.74) is 2.38. The highest BCUT2D eigenvalue weighted by Crippen LogP contribution is 2.16. The van der Waals surface area contributed by atoms with E-state index in [1.54, 1.807) is 0 Å². The van der Waals surface area contributed by atoms with Gasteiger partial charge in [0.25, 0.3) is 0 Å². The molecule has 0 aliphatic rings. The van der Waals surface area contributed by atoms with E-state index in [2.05, 4.69) is 29.7 Å². The molecule has 0 heterocycles. The van der Waals surface area contributed by atoms with Crippen LogP contribution in [0.2, 0.25) is 0 Å². The molecule has 0 spiro atoms. The molecule has 17 heavy (non-hydrogen) atoms. The fourth-order valence-corrected chi connectivity index (χ4v) is 1.74. The average Bonchev–Trinajstić information content (AvgIpc) is 2.26. The summed E-state index contributed by atoms with van der Waals surface area (Å²) >= 11 is 0. The lowest BCUT2D eigenvalue weighted by molar-refractivity contribution is -0.121. The van der Waals surface area contributed by atoms with Crippen LogP contribution in [0.5, 0.6) is 0 Å². The van der Waals surface area contributed by atoms with Gasteiger partial charge in [-0.1, -0.05) is 38.1 Å². The van der Waals surface area contributed by atoms with Gasteiger partial charge in [-0.3, -0.25) is 4.79 Å². The lowest BCUT2D eigenvalue weighted by Crippen LogP contribution is -2.38. The Balaban J connectivity index is 2.52. The molecule has 0 aliphatic heterocycles. The number of hydrogen-bond donors (Lipinski definition) is 2. The summed E-state index contributed by atoms with van der Waals surface area (Å²) in [7, 11) is 0. The Morgan fingerprint density at radius 1 is 1.24 bits per heavy atom. The van der Waals surface area contributed by atoms with Crippen LogP contribution in [0.3, 0.4) is 0 Å². The van der Waals surface area contributed by atoms with Crippen molar-refractivity contribution in [2.45, 2.75) is 39.8 Å². The molecule has 3 nitrogen and oxygen atoms in total. The number of rotatable bonds is 5. The zero-order chi connectivity index (χ0) is 12.8. The van der Waals surface area contributed by atoms with Crippen LogP contribution in [0.4, 0.5) is 0 Å². The van der Waals surface area contributed by atoms with Gasteiger partial charge < -0.3 is 10.6 Å². The Kier molecular flexibility index (Phi) is 5.16. The van der Waals surface area contributed by atoms with E-state index in [0.29, 0.717) is 12.6 Å². The van der Waals surface area contributed by atoms with Crippen molar-refractivity contribution in [2.75, 3.05) is 6.54 Å². The van der Waals surface area contributed by atoms with Gasteiger partial charge in [0.1, 0.15) is 0 Å². The van der Waals surface area contributed by atoms with E-state index in [4.69, 9.17) is 0 Å². The molecule has 0 saturated carbocycles. The first-order valence-electron chi connectivity index (χ1n) is 6.09. The maximum Gasteiger partial charge on any atom is 0.234 e. The van der Waals surface area contributed by atoms with E-state index >= 15 is 0 Å². The second-order valence-corrected chi connectivity index (χ2v) is 4.68. The van der Waals surface area contributed by atoms with Crippen molar-refractivity contribution >= 4 is 5.91 Å². The number of benzene rings is 1. The second-order valence-electron chi connectivity index (χ2n) is 4.68. The summed E-state index contributed by atoms with van der Waals surface area (Å²) in [4.78, 5) is 11.7. The lowest BCUT2D eigenvalue weighted by Gasteiger charge is -2.17. The molecule has 94 valence electrons. The summed E-state index contributed by atoms with van der Waals surface area (Å²) in [6.07, 6.45) is 0. The fraction of sp³-hybridized carbons (Fsp3) is 0.500. The van der Waals surface area contributed by atoms with E-state index in [1.165, 1.54) is 11.1 Å². The van der Waals surface area contributed by atoms with Crippen LogP contribution in [0.25, 0.3) is 0 Å². The van der Waals surface area contributed by atoms with E-state index in [0.717, 1.165) is 0 Å². The van der Waals surface area contributed by atoms with Gasteiger partial charge >= 0.3 is 0 Å². The average molecular weight is 234 g/mol. The summed E-state index contributed by atoms with van der Waals surface area (Å²) in [5.74, 6) is 0.0365. The van der Waals surface area contributed by atoms with Gasteiger partial charge in [-0.15, -0.1) is 0 Å². The number of hydrogen-bond acceptors (Lipinski definition) is 2. The fourth-order valence-electron chi connectivity index (χ4n) is 1.74. The zero-order valence-corrected chi connectivity index (χ0v) is 11.1. The monoisotopic (exact) mass is 234 g/mol. The maximum atomic E-state index is 11.7. The molecule has 1 aromatic rings. The van der Waals surface area contributed by atoms with Crippen LogP contribution in [-0.2, 0) is 4.79 Å². The second kappa shape index (κ2) is 6.40. The molecular weight excluding hydrogens is 212 g/mol. The summed E-state index contributed by atoms with van der Waals surface area (Å²) in [5, 5.41) is 6.10. The molecule has 2 N–H and O–H groups in total. The van der Waals surface area contributed by atoms with Crippen molar-refractivity contribution in [2.24, 2.45) is 0 Å².